The van der Waals surface area contributed by atoms with Gasteiger partial charge in [0.15, 0.2) is 5.60 Å². The largest absolute Gasteiger partial charge is 0.488 e. The van der Waals surface area contributed by atoms with E-state index in [9.17, 15) is 0 Å². The number of rotatable bonds is 4. The second-order valence-electron chi connectivity index (χ2n) is 5.18. The van der Waals surface area contributed by atoms with Crippen molar-refractivity contribution >= 4 is 0 Å². The summed E-state index contributed by atoms with van der Waals surface area (Å²) in [5.41, 5.74) is 1.27. The van der Waals surface area contributed by atoms with Gasteiger partial charge in [-0.2, -0.15) is 0 Å². The lowest BCUT2D eigenvalue weighted by atomic mass is 9.77. The maximum Gasteiger partial charge on any atom is 0.161 e. The molecule has 3 rings (SSSR count). The number of ether oxygens (including phenoxy) is 2. The van der Waals surface area contributed by atoms with E-state index in [-0.39, 0.29) is 11.7 Å². The summed E-state index contributed by atoms with van der Waals surface area (Å²) in [5, 5.41) is 0. The van der Waals surface area contributed by atoms with E-state index in [1.54, 1.807) is 0 Å². The number of aryl methyl sites for hydroxylation is 1. The molecular weight excluding hydrogens is 224 g/mol. The normalized spacial score (nSPS) is 29.8. The van der Waals surface area contributed by atoms with Gasteiger partial charge in [0, 0.05) is 7.11 Å². The Morgan fingerprint density at radius 3 is 2.89 bits per heavy atom. The molecule has 0 amide bonds. The van der Waals surface area contributed by atoms with Crippen molar-refractivity contribution in [2.75, 3.05) is 7.11 Å². The number of fused-ring (bicyclic) bond motifs is 1. The van der Waals surface area contributed by atoms with Gasteiger partial charge in [0.1, 0.15) is 11.9 Å². The first-order chi connectivity index (χ1) is 8.85. The fraction of sp³-hybridized carbons (Fsp3) is 0.500. The third kappa shape index (κ3) is 1.85. The SMILES string of the molecule is CO[C@@]12CCCC=C1O[C@@H]2CCc1ccccc1. The number of hydrogen-bond acceptors (Lipinski definition) is 2. The third-order valence-electron chi connectivity index (χ3n) is 4.19. The molecule has 1 fully saturated rings. The Kier molecular flexibility index (Phi) is 3.13. The molecule has 1 aliphatic heterocycles. The predicted octanol–water partition coefficient (Wildman–Crippen LogP) is 3.47. The molecule has 96 valence electrons. The topological polar surface area (TPSA) is 18.5 Å². The molecule has 0 bridgehead atoms. The Balaban J connectivity index is 1.65. The number of hydrogen-bond donors (Lipinski definition) is 0. The molecule has 18 heavy (non-hydrogen) atoms. The molecule has 1 aliphatic carbocycles. The molecule has 0 spiro atoms. The summed E-state index contributed by atoms with van der Waals surface area (Å²) in [6, 6.07) is 10.6. The Morgan fingerprint density at radius 2 is 2.17 bits per heavy atom. The van der Waals surface area contributed by atoms with Crippen molar-refractivity contribution in [3.8, 4) is 0 Å². The van der Waals surface area contributed by atoms with Crippen molar-refractivity contribution in [2.24, 2.45) is 0 Å². The first-order valence-electron chi connectivity index (χ1n) is 6.81. The maximum atomic E-state index is 5.90. The van der Waals surface area contributed by atoms with Gasteiger partial charge in [-0.3, -0.25) is 0 Å². The van der Waals surface area contributed by atoms with Crippen molar-refractivity contribution in [2.45, 2.75) is 43.8 Å². The van der Waals surface area contributed by atoms with Crippen LogP contribution in [0.5, 0.6) is 0 Å². The Bertz CT molecular complexity index is 438. The van der Waals surface area contributed by atoms with Gasteiger partial charge >= 0.3 is 0 Å². The minimum Gasteiger partial charge on any atom is -0.488 e. The Morgan fingerprint density at radius 1 is 1.33 bits per heavy atom. The highest BCUT2D eigenvalue weighted by Gasteiger charge is 2.54. The number of benzene rings is 1. The number of allylic oxidation sites excluding steroid dienone is 1. The number of methoxy groups -OCH3 is 1. The van der Waals surface area contributed by atoms with Gasteiger partial charge in [0.2, 0.25) is 0 Å². The molecule has 1 heterocycles. The van der Waals surface area contributed by atoms with E-state index in [0.717, 1.165) is 31.4 Å². The maximum absolute atomic E-state index is 5.90. The van der Waals surface area contributed by atoms with Gasteiger partial charge < -0.3 is 9.47 Å². The van der Waals surface area contributed by atoms with Crippen LogP contribution in [-0.2, 0) is 15.9 Å². The van der Waals surface area contributed by atoms with E-state index in [1.807, 2.05) is 7.11 Å². The summed E-state index contributed by atoms with van der Waals surface area (Å²) in [7, 11) is 1.82. The standard InChI is InChI=1S/C16H20O2/c1-17-16-12-6-5-9-14(16)18-15(16)11-10-13-7-3-2-4-8-13/h2-4,7-9,15H,5-6,10-12H2,1H3/t15-,16+/m1/s1. The minimum atomic E-state index is -0.104. The first kappa shape index (κ1) is 11.8. The molecule has 2 nitrogen and oxygen atoms in total. The average Bonchev–Trinajstić information content (AvgIpc) is 2.41. The van der Waals surface area contributed by atoms with Crippen molar-refractivity contribution in [3.05, 3.63) is 47.7 Å². The van der Waals surface area contributed by atoms with E-state index in [0.29, 0.717) is 0 Å². The first-order valence-corrected chi connectivity index (χ1v) is 6.81. The molecule has 1 aromatic carbocycles. The highest BCUT2D eigenvalue weighted by atomic mass is 16.6. The van der Waals surface area contributed by atoms with Crippen LogP contribution in [0.1, 0.15) is 31.2 Å². The third-order valence-corrected chi connectivity index (χ3v) is 4.19. The molecule has 2 heteroatoms. The molecule has 1 saturated heterocycles. The van der Waals surface area contributed by atoms with Crippen LogP contribution in [0.2, 0.25) is 0 Å². The van der Waals surface area contributed by atoms with Crippen LogP contribution in [0.15, 0.2) is 42.2 Å². The van der Waals surface area contributed by atoms with Gasteiger partial charge in [-0.25, -0.2) is 0 Å². The lowest BCUT2D eigenvalue weighted by molar-refractivity contribution is -0.206. The smallest absolute Gasteiger partial charge is 0.161 e. The van der Waals surface area contributed by atoms with Gasteiger partial charge in [0.05, 0.1) is 0 Å². The summed E-state index contributed by atoms with van der Waals surface area (Å²) in [6.07, 6.45) is 7.98. The lowest BCUT2D eigenvalue weighted by Gasteiger charge is -2.52. The van der Waals surface area contributed by atoms with Crippen LogP contribution in [0.4, 0.5) is 0 Å². The minimum absolute atomic E-state index is 0.104. The van der Waals surface area contributed by atoms with E-state index in [1.165, 1.54) is 12.0 Å². The summed E-state index contributed by atoms with van der Waals surface area (Å²) < 4.78 is 11.7. The van der Waals surface area contributed by atoms with Gasteiger partial charge in [0.25, 0.3) is 0 Å². The molecule has 0 aromatic heterocycles. The quantitative estimate of drug-likeness (QED) is 0.807. The Hall–Kier alpha value is -1.28. The lowest BCUT2D eigenvalue weighted by Crippen LogP contribution is -2.58. The second kappa shape index (κ2) is 4.77. The molecule has 0 N–H and O–H groups in total. The second-order valence-corrected chi connectivity index (χ2v) is 5.18. The predicted molar refractivity (Wildman–Crippen MR) is 71.3 cm³/mol. The molecule has 1 aromatic rings. The molecule has 0 saturated carbocycles. The Labute approximate surface area is 109 Å². The van der Waals surface area contributed by atoms with Crippen molar-refractivity contribution in [1.82, 2.24) is 0 Å². The summed E-state index contributed by atoms with van der Waals surface area (Å²) in [5.74, 6) is 1.08. The summed E-state index contributed by atoms with van der Waals surface area (Å²) in [4.78, 5) is 0. The van der Waals surface area contributed by atoms with Gasteiger partial charge in [-0.15, -0.1) is 0 Å². The molecule has 0 radical (unpaired) electrons. The fourth-order valence-electron chi connectivity index (χ4n) is 3.12. The van der Waals surface area contributed by atoms with Crippen molar-refractivity contribution < 1.29 is 9.47 Å². The monoisotopic (exact) mass is 244 g/mol. The van der Waals surface area contributed by atoms with Crippen molar-refractivity contribution in [3.63, 3.8) is 0 Å². The van der Waals surface area contributed by atoms with Crippen LogP contribution in [-0.4, -0.2) is 18.8 Å². The van der Waals surface area contributed by atoms with Gasteiger partial charge in [-0.05, 0) is 43.7 Å². The highest BCUT2D eigenvalue weighted by Crippen LogP contribution is 2.47. The fourth-order valence-corrected chi connectivity index (χ4v) is 3.12. The van der Waals surface area contributed by atoms with E-state index < -0.39 is 0 Å². The van der Waals surface area contributed by atoms with E-state index in [4.69, 9.17) is 9.47 Å². The zero-order valence-corrected chi connectivity index (χ0v) is 10.9. The van der Waals surface area contributed by atoms with Crippen molar-refractivity contribution in [1.29, 1.82) is 0 Å². The van der Waals surface area contributed by atoms with Crippen LogP contribution in [0.3, 0.4) is 0 Å². The molecule has 2 atom stereocenters. The molecule has 0 unspecified atom stereocenters. The van der Waals surface area contributed by atoms with Crippen LogP contribution in [0, 0.1) is 0 Å². The van der Waals surface area contributed by atoms with Gasteiger partial charge in [-0.1, -0.05) is 30.3 Å². The van der Waals surface area contributed by atoms with Crippen LogP contribution in [0.25, 0.3) is 0 Å². The average molecular weight is 244 g/mol. The highest BCUT2D eigenvalue weighted by molar-refractivity contribution is 5.26. The van der Waals surface area contributed by atoms with E-state index in [2.05, 4.69) is 36.4 Å². The summed E-state index contributed by atoms with van der Waals surface area (Å²) in [6.45, 7) is 0. The molecular formula is C16H20O2. The zero-order valence-electron chi connectivity index (χ0n) is 10.9. The molecule has 2 aliphatic rings. The zero-order chi connectivity index (χ0) is 12.4. The van der Waals surface area contributed by atoms with E-state index >= 15 is 0 Å². The summed E-state index contributed by atoms with van der Waals surface area (Å²) >= 11 is 0. The van der Waals surface area contributed by atoms with Crippen LogP contribution >= 0.6 is 0 Å². The van der Waals surface area contributed by atoms with Crippen LogP contribution < -0.4 is 0 Å².